The van der Waals surface area contributed by atoms with E-state index in [-0.39, 0.29) is 126 Å². The molecule has 0 atom stereocenters. The summed E-state index contributed by atoms with van der Waals surface area (Å²) in [4.78, 5) is 27.1. The maximum atomic E-state index is 14.0. The first-order chi connectivity index (χ1) is 22.9. The maximum absolute atomic E-state index is 14.0. The molecule has 266 valence electrons. The van der Waals surface area contributed by atoms with Crippen LogP contribution in [0.4, 0.5) is 17.1 Å². The quantitative estimate of drug-likeness (QED) is 0.0726. The van der Waals surface area contributed by atoms with Gasteiger partial charge in [0.05, 0.1) is 22.5 Å². The first kappa shape index (κ1) is 43.8. The zero-order chi connectivity index (χ0) is 37.3. The Kier molecular flexibility index (Phi) is 12.9. The van der Waals surface area contributed by atoms with Crippen LogP contribution in [0.5, 0.6) is 11.5 Å². The van der Waals surface area contributed by atoms with E-state index in [0.717, 1.165) is 0 Å². The second kappa shape index (κ2) is 15.3. The number of carbonyl (C=O) groups excluding carboxylic acids is 2. The van der Waals surface area contributed by atoms with E-state index in [1.54, 1.807) is 31.2 Å². The Morgan fingerprint density at radius 1 is 0.750 bits per heavy atom. The van der Waals surface area contributed by atoms with Crippen LogP contribution in [0, 0.1) is 26.2 Å². The average molecular weight is 767 g/mol. The number of anilines is 3. The van der Waals surface area contributed by atoms with Gasteiger partial charge in [-0.15, -0.1) is 0 Å². The van der Waals surface area contributed by atoms with Crippen molar-refractivity contribution < 1.29 is 40.3 Å². The van der Waals surface area contributed by atoms with Crippen molar-refractivity contribution in [1.29, 1.82) is 0 Å². The van der Waals surface area contributed by atoms with Crippen LogP contribution in [0.3, 0.4) is 0 Å². The Morgan fingerprint density at radius 2 is 1.31 bits per heavy atom. The molecule has 0 heterocycles. The van der Waals surface area contributed by atoms with Gasteiger partial charge in [0.15, 0.2) is 17.3 Å². The average Bonchev–Trinajstić information content (AvgIpc) is 2.96. The molecule has 0 saturated heterocycles. The molecular formula is C37H40N2Na2O9S2. The van der Waals surface area contributed by atoms with E-state index in [0.29, 0.717) is 23.1 Å². The minimum atomic E-state index is -4.85. The summed E-state index contributed by atoms with van der Waals surface area (Å²) in [6.45, 7) is 14.8. The molecule has 5 N–H and O–H groups in total. The summed E-state index contributed by atoms with van der Waals surface area (Å²) in [7, 11) is -9.50. The predicted octanol–water partition coefficient (Wildman–Crippen LogP) is 6.95. The van der Waals surface area contributed by atoms with Crippen LogP contribution < -0.4 is 15.8 Å². The van der Waals surface area contributed by atoms with Crippen molar-refractivity contribution in [2.24, 2.45) is 5.41 Å². The number of nitrogens with one attached hydrogen (secondary N) is 1. The summed E-state index contributed by atoms with van der Waals surface area (Å²) >= 11 is 0. The van der Waals surface area contributed by atoms with Crippen molar-refractivity contribution in [1.82, 2.24) is 0 Å². The molecule has 15 heteroatoms. The van der Waals surface area contributed by atoms with Crippen LogP contribution in [0.1, 0.15) is 95.1 Å². The number of hydrogen-bond acceptors (Lipinski definition) is 9. The zero-order valence-electron chi connectivity index (χ0n) is 31.0. The van der Waals surface area contributed by atoms with Gasteiger partial charge in [-0.05, 0) is 72.4 Å². The number of ketones is 2. The van der Waals surface area contributed by atoms with E-state index in [4.69, 9.17) is 10.5 Å². The molecule has 0 spiro atoms. The molecule has 0 fully saturated rings. The molecule has 1 aliphatic rings. The molecule has 0 aliphatic heterocycles. The zero-order valence-corrected chi connectivity index (χ0v) is 36.7. The van der Waals surface area contributed by atoms with Gasteiger partial charge in [-0.2, -0.15) is 16.8 Å². The molecule has 11 nitrogen and oxygen atoms in total. The van der Waals surface area contributed by atoms with Gasteiger partial charge in [-0.25, -0.2) is 0 Å². The number of fused-ring (bicyclic) bond motifs is 2. The third-order valence-corrected chi connectivity index (χ3v) is 10.8. The van der Waals surface area contributed by atoms with Crippen molar-refractivity contribution in [3.05, 3.63) is 99.1 Å². The summed E-state index contributed by atoms with van der Waals surface area (Å²) in [6, 6.07) is 13.5. The van der Waals surface area contributed by atoms with Crippen LogP contribution in [0.25, 0.3) is 0 Å². The fourth-order valence-corrected chi connectivity index (χ4v) is 8.72. The molecule has 2 radical (unpaired) electrons. The van der Waals surface area contributed by atoms with Gasteiger partial charge in [0, 0.05) is 82.0 Å². The van der Waals surface area contributed by atoms with E-state index in [1.807, 2.05) is 13.8 Å². The molecule has 5 rings (SSSR count). The number of ether oxygens (including phenoxy) is 1. The number of benzene rings is 4. The normalized spacial score (nSPS) is 13.0. The second-order valence-corrected chi connectivity index (χ2v) is 17.3. The fourth-order valence-electron chi connectivity index (χ4n) is 7.13. The predicted molar refractivity (Wildman–Crippen MR) is 203 cm³/mol. The van der Waals surface area contributed by atoms with Gasteiger partial charge >= 0.3 is 0 Å². The van der Waals surface area contributed by atoms with Crippen LogP contribution in [-0.2, 0) is 25.7 Å². The Labute approximate surface area is 349 Å². The number of rotatable bonds is 8. The third-order valence-electron chi connectivity index (χ3n) is 8.81. The summed E-state index contributed by atoms with van der Waals surface area (Å²) < 4.78 is 76.6. The largest absolute Gasteiger partial charge is 0.454 e. The van der Waals surface area contributed by atoms with Crippen LogP contribution in [-0.4, -0.2) is 96.6 Å². The van der Waals surface area contributed by atoms with E-state index in [9.17, 15) is 35.5 Å². The summed E-state index contributed by atoms with van der Waals surface area (Å²) in [6.07, 6.45) is 0.687. The van der Waals surface area contributed by atoms with Crippen molar-refractivity contribution in [2.75, 3.05) is 11.1 Å². The minimum absolute atomic E-state index is 0. The molecule has 52 heavy (non-hydrogen) atoms. The van der Waals surface area contributed by atoms with E-state index < -0.39 is 42.1 Å². The molecule has 0 unspecified atom stereocenters. The molecule has 0 bridgehead atoms. The minimum Gasteiger partial charge on any atom is -0.454 e. The number of nitrogens with two attached hydrogens (primary N) is 1. The molecule has 1 aliphatic carbocycles. The summed E-state index contributed by atoms with van der Waals surface area (Å²) in [5.74, 6) is -1.63. The Morgan fingerprint density at radius 3 is 1.83 bits per heavy atom. The first-order valence-corrected chi connectivity index (χ1v) is 18.6. The maximum Gasteiger partial charge on any atom is 0.298 e. The van der Waals surface area contributed by atoms with Crippen molar-refractivity contribution >= 4 is 108 Å². The smallest absolute Gasteiger partial charge is 0.298 e. The fraction of sp³-hybridized carbons (Fsp3) is 0.297. The monoisotopic (exact) mass is 766 g/mol. The number of aryl methyl sites for hydroxylation is 2. The third kappa shape index (κ3) is 8.54. The van der Waals surface area contributed by atoms with Crippen molar-refractivity contribution in [2.45, 2.75) is 77.0 Å². The SMILES string of the molecule is Cc1cc(C)c(S(=O)(=O)O)c(C)c1Nc1cc(Oc2ccc(C(C)(C)CC(C)(C)C)cc2S(=O)(=O)O)c(N)c2c1C(=O)c1ccccc1C2=O.[Na].[Na]. The molecule has 4 aromatic carbocycles. The summed E-state index contributed by atoms with van der Waals surface area (Å²) in [5, 5.41) is 3.09. The first-order valence-electron chi connectivity index (χ1n) is 15.7. The van der Waals surface area contributed by atoms with E-state index in [1.165, 1.54) is 44.2 Å². The molecular weight excluding hydrogens is 727 g/mol. The van der Waals surface area contributed by atoms with Crippen LogP contribution >= 0.6 is 0 Å². The van der Waals surface area contributed by atoms with Gasteiger partial charge in [0.25, 0.3) is 20.2 Å². The topological polar surface area (TPSA) is 190 Å². The van der Waals surface area contributed by atoms with Gasteiger partial charge in [-0.3, -0.25) is 18.7 Å². The summed E-state index contributed by atoms with van der Waals surface area (Å²) in [5.41, 5.74) is 7.47. The van der Waals surface area contributed by atoms with Crippen LogP contribution in [0.2, 0.25) is 0 Å². The molecule has 0 saturated carbocycles. The van der Waals surface area contributed by atoms with Gasteiger partial charge < -0.3 is 15.8 Å². The van der Waals surface area contributed by atoms with Gasteiger partial charge in [0.2, 0.25) is 0 Å². The van der Waals surface area contributed by atoms with Gasteiger partial charge in [0.1, 0.15) is 15.5 Å². The van der Waals surface area contributed by atoms with Crippen molar-refractivity contribution in [3.8, 4) is 11.5 Å². The van der Waals surface area contributed by atoms with Crippen LogP contribution in [0.15, 0.2) is 64.4 Å². The van der Waals surface area contributed by atoms with E-state index in [2.05, 4.69) is 26.1 Å². The Balaban J connectivity index is 0.00000364. The van der Waals surface area contributed by atoms with Crippen molar-refractivity contribution in [3.63, 3.8) is 0 Å². The molecule has 0 amide bonds. The second-order valence-electron chi connectivity index (χ2n) is 14.6. The van der Waals surface area contributed by atoms with E-state index >= 15 is 0 Å². The number of hydrogen-bond donors (Lipinski definition) is 4. The standard InChI is InChI=1S/C37H40N2O9S2.2Na/c1-19-15-20(2)35(50(45,46)47)21(3)32(19)39-25-17-27(31(38)30-29(25)33(40)23-11-9-10-12-24(23)34(30)41)48-26-14-13-22(16-28(26)49(42,43)44)37(7,8)18-36(4,5)6;;/h9-17,39H,18,38H2,1-8H3,(H,42,43,44)(H,45,46,47);;. The number of nitrogen functional groups attached to an aromatic ring is 1. The number of carbonyl (C=O) groups is 2. The Hall–Kier alpha value is -2.56. The molecule has 0 aromatic heterocycles. The Bertz CT molecular complexity index is 2350. The molecule has 4 aromatic rings. The van der Waals surface area contributed by atoms with Gasteiger partial charge in [-0.1, -0.05) is 71.0 Å².